The second kappa shape index (κ2) is 12.9. The Labute approximate surface area is 338 Å². The van der Waals surface area contributed by atoms with Gasteiger partial charge in [0.05, 0.1) is 33.5 Å². The summed E-state index contributed by atoms with van der Waals surface area (Å²) in [6, 6.07) is 46.5. The third-order valence-corrected chi connectivity index (χ3v) is 13.6. The van der Waals surface area contributed by atoms with Gasteiger partial charge in [0.25, 0.3) is 0 Å². The standard InChI is InChI=1S/C54H44N4/c1-6-7-20-45(55)35-22-24-47-41(27-35)43-29-39-31(2)34(5)50-52-40(32(3)33(4)49(51(39)52)53(43)57(47)37-16-10-8-11-17-37)30-44-42-28-36(46-21-14-15-26-56-46)23-25-48(42)58(54(44)50)38-18-12-9-13-19-38/h6-34,55H,1H2,2-5H3/b20-7-,55-45?. The quantitative estimate of drug-likeness (QED) is 0.134. The molecule has 2 aliphatic rings. The summed E-state index contributed by atoms with van der Waals surface area (Å²) >= 11 is 0. The first kappa shape index (κ1) is 34.5. The zero-order valence-corrected chi connectivity index (χ0v) is 33.3. The molecule has 0 bridgehead atoms. The molecule has 0 amide bonds. The number of para-hydroxylation sites is 2. The molecule has 0 saturated carbocycles. The first-order chi connectivity index (χ1) is 28.4. The van der Waals surface area contributed by atoms with Crippen molar-refractivity contribution in [2.45, 2.75) is 51.4 Å². The van der Waals surface area contributed by atoms with Crippen LogP contribution in [0.2, 0.25) is 0 Å². The number of rotatable bonds is 6. The monoisotopic (exact) mass is 748 g/mol. The van der Waals surface area contributed by atoms with E-state index in [-0.39, 0.29) is 23.7 Å². The van der Waals surface area contributed by atoms with E-state index in [2.05, 4.69) is 165 Å². The molecule has 4 nitrogen and oxygen atoms in total. The van der Waals surface area contributed by atoms with Crippen LogP contribution in [-0.4, -0.2) is 19.8 Å². The molecule has 4 heteroatoms. The molecule has 0 aliphatic heterocycles. The van der Waals surface area contributed by atoms with Crippen LogP contribution in [0.1, 0.15) is 79.2 Å². The molecule has 2 aliphatic carbocycles. The number of hydrogen-bond donors (Lipinski definition) is 1. The maximum absolute atomic E-state index is 8.92. The van der Waals surface area contributed by atoms with Gasteiger partial charge in [-0.15, -0.1) is 0 Å². The van der Waals surface area contributed by atoms with Crippen molar-refractivity contribution in [3.63, 3.8) is 0 Å². The van der Waals surface area contributed by atoms with Gasteiger partial charge >= 0.3 is 0 Å². The highest BCUT2D eigenvalue weighted by Gasteiger charge is 2.42. The third-order valence-electron chi connectivity index (χ3n) is 13.6. The number of nitrogens with one attached hydrogen (secondary N) is 1. The molecular weight excluding hydrogens is 705 g/mol. The highest BCUT2D eigenvalue weighted by molar-refractivity contribution is 6.18. The van der Waals surface area contributed by atoms with Crippen LogP contribution in [0.5, 0.6) is 0 Å². The summed E-state index contributed by atoms with van der Waals surface area (Å²) in [6.45, 7) is 13.6. The van der Waals surface area contributed by atoms with E-state index in [0.717, 1.165) is 22.5 Å². The molecule has 0 saturated heterocycles. The number of fused-ring (bicyclic) bond motifs is 8. The summed E-state index contributed by atoms with van der Waals surface area (Å²) in [6.07, 6.45) is 7.29. The van der Waals surface area contributed by atoms with Gasteiger partial charge in [0, 0.05) is 50.2 Å². The summed E-state index contributed by atoms with van der Waals surface area (Å²) in [7, 11) is 0. The third kappa shape index (κ3) is 4.75. The highest BCUT2D eigenvalue weighted by atomic mass is 15.0. The number of aromatic nitrogens is 3. The number of nitrogens with zero attached hydrogens (tertiary/aromatic N) is 3. The van der Waals surface area contributed by atoms with E-state index >= 15 is 0 Å². The fourth-order valence-electron chi connectivity index (χ4n) is 10.5. The molecule has 1 N–H and O–H groups in total. The molecule has 280 valence electrons. The Balaban J connectivity index is 1.29. The molecule has 3 aromatic heterocycles. The van der Waals surface area contributed by atoms with E-state index in [4.69, 9.17) is 10.4 Å². The Morgan fingerprint density at radius 3 is 1.66 bits per heavy atom. The number of benzene rings is 6. The van der Waals surface area contributed by atoms with E-state index in [1.807, 2.05) is 24.4 Å². The Hall–Kier alpha value is -6.78. The molecule has 11 rings (SSSR count). The van der Waals surface area contributed by atoms with E-state index < -0.39 is 0 Å². The van der Waals surface area contributed by atoms with Crippen LogP contribution in [0.4, 0.5) is 0 Å². The fourth-order valence-corrected chi connectivity index (χ4v) is 10.5. The second-order valence-electron chi connectivity index (χ2n) is 16.5. The molecule has 6 aromatic carbocycles. The van der Waals surface area contributed by atoms with Crippen molar-refractivity contribution >= 4 is 49.3 Å². The fraction of sp³-hybridized carbons (Fsp3) is 0.148. The summed E-state index contributed by atoms with van der Waals surface area (Å²) in [5.74, 6) is 1.05. The maximum atomic E-state index is 8.92. The molecular formula is C54H44N4. The molecule has 3 heterocycles. The average Bonchev–Trinajstić information content (AvgIpc) is 3.78. The van der Waals surface area contributed by atoms with Crippen molar-refractivity contribution in [1.82, 2.24) is 14.1 Å². The van der Waals surface area contributed by atoms with Gasteiger partial charge in [-0.05, 0) is 136 Å². The minimum atomic E-state index is 0.252. The number of pyridine rings is 1. The minimum Gasteiger partial charge on any atom is -0.309 e. The van der Waals surface area contributed by atoms with E-state index in [0.29, 0.717) is 5.71 Å². The normalized spacial score (nSPS) is 18.4. The predicted octanol–water partition coefficient (Wildman–Crippen LogP) is 14.2. The molecule has 0 radical (unpaired) electrons. The van der Waals surface area contributed by atoms with E-state index in [9.17, 15) is 0 Å². The van der Waals surface area contributed by atoms with Crippen LogP contribution in [0.3, 0.4) is 0 Å². The van der Waals surface area contributed by atoms with Gasteiger partial charge in [0.1, 0.15) is 0 Å². The Bertz CT molecular complexity index is 3200. The van der Waals surface area contributed by atoms with Crippen molar-refractivity contribution < 1.29 is 0 Å². The molecule has 0 fully saturated rings. The lowest BCUT2D eigenvalue weighted by molar-refractivity contribution is 0.584. The maximum Gasteiger partial charge on any atom is 0.0702 e. The van der Waals surface area contributed by atoms with Crippen molar-refractivity contribution in [1.29, 1.82) is 5.41 Å². The van der Waals surface area contributed by atoms with Crippen molar-refractivity contribution in [2.75, 3.05) is 0 Å². The van der Waals surface area contributed by atoms with Gasteiger partial charge in [-0.2, -0.15) is 0 Å². The second-order valence-corrected chi connectivity index (χ2v) is 16.5. The lowest BCUT2D eigenvalue weighted by Gasteiger charge is -2.42. The van der Waals surface area contributed by atoms with Crippen LogP contribution >= 0.6 is 0 Å². The molecule has 0 spiro atoms. The van der Waals surface area contributed by atoms with Gasteiger partial charge in [-0.25, -0.2) is 0 Å². The topological polar surface area (TPSA) is 46.6 Å². The lowest BCUT2D eigenvalue weighted by atomic mass is 9.62. The molecule has 9 aromatic rings. The van der Waals surface area contributed by atoms with Crippen molar-refractivity contribution in [3.8, 4) is 33.8 Å². The van der Waals surface area contributed by atoms with E-state index in [1.54, 1.807) is 6.08 Å². The Morgan fingerprint density at radius 2 is 1.12 bits per heavy atom. The Kier molecular flexibility index (Phi) is 7.65. The van der Waals surface area contributed by atoms with Gasteiger partial charge in [0.2, 0.25) is 0 Å². The largest absolute Gasteiger partial charge is 0.309 e. The number of allylic oxidation sites excluding steroid dienone is 3. The van der Waals surface area contributed by atoms with Crippen LogP contribution in [0.25, 0.3) is 77.4 Å². The zero-order valence-electron chi connectivity index (χ0n) is 33.3. The van der Waals surface area contributed by atoms with Gasteiger partial charge in [-0.1, -0.05) is 101 Å². The molecule has 4 unspecified atom stereocenters. The average molecular weight is 749 g/mol. The summed E-state index contributed by atoms with van der Waals surface area (Å²) in [5.41, 5.74) is 19.5. The summed E-state index contributed by atoms with van der Waals surface area (Å²) in [5, 5.41) is 14.0. The SMILES string of the molecule is C=C/C=C\C(=N)c1ccc2c(c1)c1cc3c4c(c1n2-c1ccccc1)C(C)C(C)c1cc2c5cc(-c6ccccn6)ccc5n(-c5ccccc5)c2c(c1-4)C(C)C3C. The minimum absolute atomic E-state index is 0.252. The zero-order chi connectivity index (χ0) is 39.4. The first-order valence-electron chi connectivity index (χ1n) is 20.6. The Morgan fingerprint density at radius 1 is 0.586 bits per heavy atom. The molecule has 58 heavy (non-hydrogen) atoms. The van der Waals surface area contributed by atoms with Crippen LogP contribution in [0, 0.1) is 5.41 Å². The molecule has 4 atom stereocenters. The predicted molar refractivity (Wildman–Crippen MR) is 244 cm³/mol. The van der Waals surface area contributed by atoms with Crippen LogP contribution in [-0.2, 0) is 0 Å². The lowest BCUT2D eigenvalue weighted by Crippen LogP contribution is -2.24. The van der Waals surface area contributed by atoms with Crippen LogP contribution < -0.4 is 0 Å². The summed E-state index contributed by atoms with van der Waals surface area (Å²) in [4.78, 5) is 4.75. The van der Waals surface area contributed by atoms with E-state index in [1.165, 1.54) is 82.7 Å². The van der Waals surface area contributed by atoms with Gasteiger partial charge in [-0.3, -0.25) is 4.98 Å². The van der Waals surface area contributed by atoms with Gasteiger partial charge in [0.15, 0.2) is 0 Å². The van der Waals surface area contributed by atoms with Gasteiger partial charge < -0.3 is 14.5 Å². The van der Waals surface area contributed by atoms with Crippen molar-refractivity contribution in [3.05, 3.63) is 186 Å². The first-order valence-corrected chi connectivity index (χ1v) is 20.6. The number of hydrogen-bond acceptors (Lipinski definition) is 2. The summed E-state index contributed by atoms with van der Waals surface area (Å²) < 4.78 is 5.04. The highest BCUT2D eigenvalue weighted by Crippen LogP contribution is 2.61. The smallest absolute Gasteiger partial charge is 0.0702 e. The van der Waals surface area contributed by atoms with Crippen molar-refractivity contribution in [2.24, 2.45) is 0 Å². The van der Waals surface area contributed by atoms with Crippen LogP contribution in [0.15, 0.2) is 158 Å².